The standard InChI is InChI=1S/C28H25Cl3N2O6/c1-32(2)15-8-6-14(7-9-15)23-21(24(34)17-13-19(30)27(39-5)22(31)26(17)38-4)25(35)28(36)33(23)16-10-11-20(37-3)18(29)12-16/h6-13,23,34H,1-5H3/b24-21+. The van der Waals surface area contributed by atoms with Crippen LogP contribution in [0.3, 0.4) is 0 Å². The molecule has 1 aliphatic heterocycles. The average molecular weight is 592 g/mol. The van der Waals surface area contributed by atoms with Gasteiger partial charge in [-0.15, -0.1) is 0 Å². The van der Waals surface area contributed by atoms with Crippen LogP contribution in [0.25, 0.3) is 5.76 Å². The SMILES string of the molecule is COc1ccc(N2C(=O)C(=O)/C(=C(/O)c3cc(Cl)c(OC)c(Cl)c3OC)C2c2ccc(N(C)C)cc2)cc1Cl. The molecule has 0 bridgehead atoms. The molecule has 39 heavy (non-hydrogen) atoms. The maximum atomic E-state index is 13.6. The largest absolute Gasteiger partial charge is 0.507 e. The highest BCUT2D eigenvalue weighted by Crippen LogP contribution is 2.48. The summed E-state index contributed by atoms with van der Waals surface area (Å²) < 4.78 is 15.9. The topological polar surface area (TPSA) is 88.5 Å². The minimum absolute atomic E-state index is 0.00268. The predicted molar refractivity (Wildman–Crippen MR) is 153 cm³/mol. The molecular weight excluding hydrogens is 567 g/mol. The van der Waals surface area contributed by atoms with Crippen molar-refractivity contribution in [1.29, 1.82) is 0 Å². The summed E-state index contributed by atoms with van der Waals surface area (Å²) in [6.07, 6.45) is 0. The number of aliphatic hydroxyl groups excluding tert-OH is 1. The Morgan fingerprint density at radius 3 is 2.05 bits per heavy atom. The van der Waals surface area contributed by atoms with Gasteiger partial charge in [-0.3, -0.25) is 14.5 Å². The van der Waals surface area contributed by atoms with E-state index >= 15 is 0 Å². The lowest BCUT2D eigenvalue weighted by Gasteiger charge is -2.26. The molecule has 4 rings (SSSR count). The molecule has 0 saturated carbocycles. The van der Waals surface area contributed by atoms with E-state index in [1.54, 1.807) is 24.3 Å². The van der Waals surface area contributed by atoms with Crippen molar-refractivity contribution in [2.45, 2.75) is 6.04 Å². The Morgan fingerprint density at radius 2 is 1.51 bits per heavy atom. The molecule has 3 aromatic carbocycles. The Bertz CT molecular complexity index is 1490. The minimum Gasteiger partial charge on any atom is -0.507 e. The summed E-state index contributed by atoms with van der Waals surface area (Å²) in [6.45, 7) is 0. The minimum atomic E-state index is -1.02. The van der Waals surface area contributed by atoms with E-state index < -0.39 is 23.5 Å². The van der Waals surface area contributed by atoms with Crippen molar-refractivity contribution in [2.75, 3.05) is 45.2 Å². The molecule has 1 unspecified atom stereocenters. The highest BCUT2D eigenvalue weighted by Gasteiger charge is 2.47. The average Bonchev–Trinajstić information content (AvgIpc) is 3.18. The number of ether oxygens (including phenoxy) is 3. The molecule has 1 heterocycles. The van der Waals surface area contributed by atoms with E-state index in [0.717, 1.165) is 5.69 Å². The summed E-state index contributed by atoms with van der Waals surface area (Å²) in [4.78, 5) is 30.3. The highest BCUT2D eigenvalue weighted by atomic mass is 35.5. The van der Waals surface area contributed by atoms with Gasteiger partial charge in [-0.05, 0) is 42.0 Å². The first-order valence-electron chi connectivity index (χ1n) is 11.6. The lowest BCUT2D eigenvalue weighted by atomic mass is 9.94. The summed E-state index contributed by atoms with van der Waals surface area (Å²) in [5.41, 5.74) is 1.65. The van der Waals surface area contributed by atoms with Crippen molar-refractivity contribution in [2.24, 2.45) is 0 Å². The van der Waals surface area contributed by atoms with Gasteiger partial charge >= 0.3 is 0 Å². The fraction of sp³-hybridized carbons (Fsp3) is 0.214. The number of amides is 1. The van der Waals surface area contributed by atoms with Gasteiger partial charge in [0, 0.05) is 25.5 Å². The van der Waals surface area contributed by atoms with E-state index in [1.807, 2.05) is 31.1 Å². The van der Waals surface area contributed by atoms with Crippen molar-refractivity contribution in [1.82, 2.24) is 0 Å². The van der Waals surface area contributed by atoms with Gasteiger partial charge in [0.15, 0.2) is 11.5 Å². The summed E-state index contributed by atoms with van der Waals surface area (Å²) >= 11 is 19.2. The van der Waals surface area contributed by atoms with E-state index in [4.69, 9.17) is 49.0 Å². The molecule has 0 spiro atoms. The molecule has 1 amide bonds. The van der Waals surface area contributed by atoms with Crippen LogP contribution in [-0.2, 0) is 9.59 Å². The number of benzene rings is 3. The number of halogens is 3. The smallest absolute Gasteiger partial charge is 0.300 e. The van der Waals surface area contributed by atoms with Crippen LogP contribution < -0.4 is 24.0 Å². The third kappa shape index (κ3) is 4.95. The second-order valence-electron chi connectivity index (χ2n) is 8.76. The van der Waals surface area contributed by atoms with Gasteiger partial charge in [-0.25, -0.2) is 0 Å². The monoisotopic (exact) mass is 590 g/mol. The Kier molecular flexibility index (Phi) is 8.20. The number of Topliss-reactive ketones (excluding diaryl/α,β-unsaturated/α-hetero) is 1. The molecule has 1 N–H and O–H groups in total. The van der Waals surface area contributed by atoms with Crippen LogP contribution >= 0.6 is 34.8 Å². The number of ketones is 1. The quantitative estimate of drug-likeness (QED) is 0.194. The molecule has 0 aliphatic carbocycles. The van der Waals surface area contributed by atoms with Crippen molar-refractivity contribution >= 4 is 63.6 Å². The number of anilines is 2. The van der Waals surface area contributed by atoms with E-state index in [-0.39, 0.29) is 37.7 Å². The lowest BCUT2D eigenvalue weighted by molar-refractivity contribution is -0.132. The molecule has 0 radical (unpaired) electrons. The number of hydrogen-bond donors (Lipinski definition) is 1. The second-order valence-corrected chi connectivity index (χ2v) is 9.95. The van der Waals surface area contributed by atoms with Crippen LogP contribution in [-0.4, -0.2) is 52.2 Å². The predicted octanol–water partition coefficient (Wildman–Crippen LogP) is 6.36. The van der Waals surface area contributed by atoms with Gasteiger partial charge in [0.1, 0.15) is 16.5 Å². The van der Waals surface area contributed by atoms with Gasteiger partial charge < -0.3 is 24.2 Å². The van der Waals surface area contributed by atoms with Gasteiger partial charge in [-0.2, -0.15) is 0 Å². The molecule has 204 valence electrons. The molecule has 1 fully saturated rings. The number of carbonyl (C=O) groups is 2. The highest BCUT2D eigenvalue weighted by molar-refractivity contribution is 6.52. The summed E-state index contributed by atoms with van der Waals surface area (Å²) in [5.74, 6) is -1.72. The van der Waals surface area contributed by atoms with Gasteiger partial charge in [-0.1, -0.05) is 46.9 Å². The van der Waals surface area contributed by atoms with Crippen LogP contribution in [0.4, 0.5) is 11.4 Å². The molecular formula is C28H25Cl3N2O6. The van der Waals surface area contributed by atoms with Crippen molar-refractivity contribution in [3.8, 4) is 17.2 Å². The lowest BCUT2D eigenvalue weighted by Crippen LogP contribution is -2.29. The van der Waals surface area contributed by atoms with E-state index in [2.05, 4.69) is 0 Å². The Hall–Kier alpha value is -3.59. The number of methoxy groups -OCH3 is 3. The fourth-order valence-corrected chi connectivity index (χ4v) is 5.40. The van der Waals surface area contributed by atoms with Gasteiger partial charge in [0.05, 0.1) is 48.6 Å². The Morgan fingerprint density at radius 1 is 0.872 bits per heavy atom. The third-order valence-electron chi connectivity index (χ3n) is 6.38. The molecule has 1 aliphatic rings. The first-order valence-corrected chi connectivity index (χ1v) is 12.7. The van der Waals surface area contributed by atoms with Crippen molar-refractivity contribution in [3.05, 3.63) is 80.3 Å². The molecule has 8 nitrogen and oxygen atoms in total. The number of rotatable bonds is 7. The van der Waals surface area contributed by atoms with E-state index in [1.165, 1.54) is 38.4 Å². The van der Waals surface area contributed by atoms with Gasteiger partial charge in [0.2, 0.25) is 0 Å². The molecule has 0 aromatic heterocycles. The van der Waals surface area contributed by atoms with Crippen molar-refractivity contribution < 1.29 is 28.9 Å². The van der Waals surface area contributed by atoms with E-state index in [9.17, 15) is 14.7 Å². The van der Waals surface area contributed by atoms with Gasteiger partial charge in [0.25, 0.3) is 11.7 Å². The molecule has 1 saturated heterocycles. The molecule has 1 atom stereocenters. The fourth-order valence-electron chi connectivity index (χ4n) is 4.47. The number of nitrogens with zero attached hydrogens (tertiary/aromatic N) is 2. The normalized spacial score (nSPS) is 16.4. The number of hydrogen-bond acceptors (Lipinski definition) is 7. The maximum Gasteiger partial charge on any atom is 0.300 e. The zero-order valence-electron chi connectivity index (χ0n) is 21.7. The summed E-state index contributed by atoms with van der Waals surface area (Å²) in [7, 11) is 7.99. The first kappa shape index (κ1) is 28.4. The Balaban J connectivity index is 2.01. The van der Waals surface area contributed by atoms with Crippen molar-refractivity contribution in [3.63, 3.8) is 0 Å². The maximum absolute atomic E-state index is 13.6. The summed E-state index contributed by atoms with van der Waals surface area (Å²) in [6, 6.07) is 12.3. The second kappa shape index (κ2) is 11.3. The van der Waals surface area contributed by atoms with Crippen LogP contribution in [0.1, 0.15) is 17.2 Å². The zero-order valence-corrected chi connectivity index (χ0v) is 24.0. The first-order chi connectivity index (χ1) is 18.5. The van der Waals surface area contributed by atoms with Crippen LogP contribution in [0, 0.1) is 0 Å². The Labute approximate surface area is 240 Å². The third-order valence-corrected chi connectivity index (χ3v) is 7.30. The summed E-state index contributed by atoms with van der Waals surface area (Å²) in [5, 5.41) is 11.9. The van der Waals surface area contributed by atoms with Crippen LogP contribution in [0.2, 0.25) is 15.1 Å². The number of aliphatic hydroxyl groups is 1. The van der Waals surface area contributed by atoms with E-state index in [0.29, 0.717) is 17.0 Å². The number of carbonyl (C=O) groups excluding carboxylic acids is 2. The van der Waals surface area contributed by atoms with Crippen LogP contribution in [0.15, 0.2) is 54.1 Å². The van der Waals surface area contributed by atoms with Crippen LogP contribution in [0.5, 0.6) is 17.2 Å². The zero-order chi connectivity index (χ0) is 28.6. The molecule has 11 heteroatoms. The molecule has 3 aromatic rings.